The molecule has 1 fully saturated rings. The average molecular weight is 282 g/mol. The fourth-order valence-corrected chi connectivity index (χ4v) is 2.33. The molecule has 1 amide bonds. The molecule has 0 bridgehead atoms. The zero-order chi connectivity index (χ0) is 14.8. The molecule has 114 valence electrons. The number of ether oxygens (including phenoxy) is 1. The smallest absolute Gasteiger partial charge is 0.236 e. The predicted molar refractivity (Wildman–Crippen MR) is 77.2 cm³/mol. The molecule has 0 radical (unpaired) electrons. The Bertz CT molecular complexity index is 324. The Morgan fingerprint density at radius 3 is 2.90 bits per heavy atom. The number of nitrogens with one attached hydrogen (secondary N) is 1. The highest BCUT2D eigenvalue weighted by Gasteiger charge is 2.20. The molecule has 6 heteroatoms. The molecule has 1 aliphatic rings. The van der Waals surface area contributed by atoms with Crippen molar-refractivity contribution < 1.29 is 9.53 Å². The van der Waals surface area contributed by atoms with Crippen molar-refractivity contribution in [1.82, 2.24) is 15.1 Å². The van der Waals surface area contributed by atoms with Crippen LogP contribution in [0.25, 0.3) is 0 Å². The van der Waals surface area contributed by atoms with Gasteiger partial charge in [-0.05, 0) is 19.4 Å². The second-order valence-corrected chi connectivity index (χ2v) is 5.24. The number of hydrogen-bond acceptors (Lipinski definition) is 5. The first-order valence-electron chi connectivity index (χ1n) is 7.23. The zero-order valence-electron chi connectivity index (χ0n) is 12.6. The van der Waals surface area contributed by atoms with Gasteiger partial charge in [0.15, 0.2) is 0 Å². The standard InChI is InChI=1S/C14H26N4O2/c1-17(8-4-6-15)14(19)12-18(9-10-20-2)11-13-5-3-7-16-13/h13,16H,3-5,7-12H2,1-2H3. The minimum atomic E-state index is 0.0642. The Hall–Kier alpha value is -1.16. The van der Waals surface area contributed by atoms with Gasteiger partial charge in [-0.25, -0.2) is 0 Å². The van der Waals surface area contributed by atoms with Gasteiger partial charge in [-0.3, -0.25) is 9.69 Å². The second-order valence-electron chi connectivity index (χ2n) is 5.24. The van der Waals surface area contributed by atoms with E-state index in [1.165, 1.54) is 12.8 Å². The maximum atomic E-state index is 12.1. The third-order valence-electron chi connectivity index (χ3n) is 3.60. The Morgan fingerprint density at radius 1 is 1.50 bits per heavy atom. The molecule has 0 spiro atoms. The van der Waals surface area contributed by atoms with Crippen molar-refractivity contribution in [3.63, 3.8) is 0 Å². The number of amides is 1. The molecule has 1 heterocycles. The molecule has 20 heavy (non-hydrogen) atoms. The van der Waals surface area contributed by atoms with Gasteiger partial charge < -0.3 is 15.0 Å². The van der Waals surface area contributed by atoms with Crippen LogP contribution < -0.4 is 5.32 Å². The lowest BCUT2D eigenvalue weighted by Gasteiger charge is -2.27. The van der Waals surface area contributed by atoms with E-state index in [0.717, 1.165) is 19.6 Å². The minimum absolute atomic E-state index is 0.0642. The van der Waals surface area contributed by atoms with Crippen LogP contribution in [0, 0.1) is 11.3 Å². The zero-order valence-corrected chi connectivity index (χ0v) is 12.6. The van der Waals surface area contributed by atoms with Crippen LogP contribution in [0.1, 0.15) is 19.3 Å². The van der Waals surface area contributed by atoms with Crippen molar-refractivity contribution in [3.8, 4) is 6.07 Å². The van der Waals surface area contributed by atoms with Crippen LogP contribution in [0.2, 0.25) is 0 Å². The SMILES string of the molecule is COCCN(CC(=O)N(C)CCC#N)CC1CCCN1. The van der Waals surface area contributed by atoms with Gasteiger partial charge in [0.25, 0.3) is 0 Å². The number of nitrogens with zero attached hydrogens (tertiary/aromatic N) is 3. The Balaban J connectivity index is 2.41. The molecule has 1 aliphatic heterocycles. The molecular formula is C14H26N4O2. The highest BCUT2D eigenvalue weighted by atomic mass is 16.5. The van der Waals surface area contributed by atoms with Gasteiger partial charge in [0, 0.05) is 39.8 Å². The Kier molecular flexibility index (Phi) is 8.19. The number of rotatable bonds is 9. The summed E-state index contributed by atoms with van der Waals surface area (Å²) in [5, 5.41) is 12.0. The molecule has 1 N–H and O–H groups in total. The lowest BCUT2D eigenvalue weighted by Crippen LogP contribution is -2.45. The number of likely N-dealkylation sites (N-methyl/N-ethyl adjacent to an activating group) is 1. The number of nitriles is 1. The summed E-state index contributed by atoms with van der Waals surface area (Å²) in [6.45, 7) is 4.22. The van der Waals surface area contributed by atoms with E-state index in [1.807, 2.05) is 0 Å². The third kappa shape index (κ3) is 6.33. The summed E-state index contributed by atoms with van der Waals surface area (Å²) >= 11 is 0. The molecule has 1 rings (SSSR count). The molecule has 0 aliphatic carbocycles. The first-order chi connectivity index (χ1) is 9.67. The van der Waals surface area contributed by atoms with E-state index in [4.69, 9.17) is 10.00 Å². The quantitative estimate of drug-likeness (QED) is 0.647. The maximum absolute atomic E-state index is 12.1. The van der Waals surface area contributed by atoms with E-state index in [2.05, 4.69) is 16.3 Å². The first-order valence-corrected chi connectivity index (χ1v) is 7.23. The van der Waals surface area contributed by atoms with E-state index < -0.39 is 0 Å². The lowest BCUT2D eigenvalue weighted by atomic mass is 10.2. The van der Waals surface area contributed by atoms with Gasteiger partial charge in [0.1, 0.15) is 0 Å². The molecule has 0 aromatic heterocycles. The van der Waals surface area contributed by atoms with Crippen molar-refractivity contribution in [3.05, 3.63) is 0 Å². The van der Waals surface area contributed by atoms with Crippen LogP contribution in [0.4, 0.5) is 0 Å². The number of methoxy groups -OCH3 is 1. The number of carbonyl (C=O) groups excluding carboxylic acids is 1. The van der Waals surface area contributed by atoms with Crippen molar-refractivity contribution in [2.24, 2.45) is 0 Å². The molecule has 1 saturated heterocycles. The van der Waals surface area contributed by atoms with Crippen LogP contribution in [0.5, 0.6) is 0 Å². The van der Waals surface area contributed by atoms with Crippen LogP contribution >= 0.6 is 0 Å². The predicted octanol–water partition coefficient (Wildman–Crippen LogP) is 0.0589. The van der Waals surface area contributed by atoms with E-state index >= 15 is 0 Å². The molecular weight excluding hydrogens is 256 g/mol. The summed E-state index contributed by atoms with van der Waals surface area (Å²) in [5.74, 6) is 0.0642. The summed E-state index contributed by atoms with van der Waals surface area (Å²) in [7, 11) is 3.43. The van der Waals surface area contributed by atoms with Crippen molar-refractivity contribution in [2.75, 3.05) is 53.5 Å². The minimum Gasteiger partial charge on any atom is -0.383 e. The summed E-state index contributed by atoms with van der Waals surface area (Å²) in [4.78, 5) is 15.9. The van der Waals surface area contributed by atoms with E-state index in [9.17, 15) is 4.79 Å². The average Bonchev–Trinajstić information content (AvgIpc) is 2.94. The molecule has 6 nitrogen and oxygen atoms in total. The molecule has 1 atom stereocenters. The summed E-state index contributed by atoms with van der Waals surface area (Å²) in [6, 6.07) is 2.54. The monoisotopic (exact) mass is 282 g/mol. The van der Waals surface area contributed by atoms with Crippen LogP contribution in [0.15, 0.2) is 0 Å². The van der Waals surface area contributed by atoms with Gasteiger partial charge in [-0.1, -0.05) is 0 Å². The highest BCUT2D eigenvalue weighted by molar-refractivity contribution is 5.78. The highest BCUT2D eigenvalue weighted by Crippen LogP contribution is 2.07. The Labute approximate surface area is 121 Å². The molecule has 0 aromatic rings. The maximum Gasteiger partial charge on any atom is 0.236 e. The normalized spacial score (nSPS) is 18.2. The number of carbonyl (C=O) groups is 1. The topological polar surface area (TPSA) is 68.6 Å². The van der Waals surface area contributed by atoms with Gasteiger partial charge in [0.05, 0.1) is 25.6 Å². The van der Waals surface area contributed by atoms with E-state index in [0.29, 0.717) is 32.2 Å². The van der Waals surface area contributed by atoms with Crippen LogP contribution in [-0.4, -0.2) is 75.2 Å². The van der Waals surface area contributed by atoms with Gasteiger partial charge in [0.2, 0.25) is 5.91 Å². The van der Waals surface area contributed by atoms with Gasteiger partial charge >= 0.3 is 0 Å². The Morgan fingerprint density at radius 2 is 2.30 bits per heavy atom. The van der Waals surface area contributed by atoms with Gasteiger partial charge in [-0.2, -0.15) is 5.26 Å². The fraction of sp³-hybridized carbons (Fsp3) is 0.857. The first kappa shape index (κ1) is 16.9. The van der Waals surface area contributed by atoms with Crippen LogP contribution in [-0.2, 0) is 9.53 Å². The summed E-state index contributed by atoms with van der Waals surface area (Å²) in [6.07, 6.45) is 2.76. The van der Waals surface area contributed by atoms with E-state index in [1.54, 1.807) is 19.1 Å². The van der Waals surface area contributed by atoms with Gasteiger partial charge in [-0.15, -0.1) is 0 Å². The lowest BCUT2D eigenvalue weighted by molar-refractivity contribution is -0.131. The molecule has 0 saturated carbocycles. The molecule has 1 unspecified atom stereocenters. The van der Waals surface area contributed by atoms with E-state index in [-0.39, 0.29) is 5.91 Å². The third-order valence-corrected chi connectivity index (χ3v) is 3.60. The van der Waals surface area contributed by atoms with Crippen molar-refractivity contribution in [2.45, 2.75) is 25.3 Å². The molecule has 0 aromatic carbocycles. The van der Waals surface area contributed by atoms with Crippen molar-refractivity contribution in [1.29, 1.82) is 5.26 Å². The van der Waals surface area contributed by atoms with Crippen molar-refractivity contribution >= 4 is 5.91 Å². The number of hydrogen-bond donors (Lipinski definition) is 1. The summed E-state index contributed by atoms with van der Waals surface area (Å²) in [5.41, 5.74) is 0. The fourth-order valence-electron chi connectivity index (χ4n) is 2.33. The second kappa shape index (κ2) is 9.70. The van der Waals surface area contributed by atoms with Crippen LogP contribution in [0.3, 0.4) is 0 Å². The largest absolute Gasteiger partial charge is 0.383 e. The summed E-state index contributed by atoms with van der Waals surface area (Å²) < 4.78 is 5.11.